The second kappa shape index (κ2) is 7.23. The van der Waals surface area contributed by atoms with E-state index in [2.05, 4.69) is 5.32 Å². The van der Waals surface area contributed by atoms with Crippen LogP contribution in [0.15, 0.2) is 24.3 Å². The summed E-state index contributed by atoms with van der Waals surface area (Å²) < 4.78 is 13.1. The number of hydrogen-bond donors (Lipinski definition) is 2. The zero-order chi connectivity index (χ0) is 16.2. The fourth-order valence-corrected chi connectivity index (χ4v) is 3.25. The number of hydrogen-bond acceptors (Lipinski definition) is 2. The van der Waals surface area contributed by atoms with E-state index in [9.17, 15) is 9.18 Å². The molecule has 0 radical (unpaired) electrons. The normalized spacial score (nSPS) is 18.0. The third-order valence-corrected chi connectivity index (χ3v) is 4.92. The number of amides is 1. The summed E-state index contributed by atoms with van der Waals surface area (Å²) in [5.74, 6) is 0.147. The van der Waals surface area contributed by atoms with Crippen molar-refractivity contribution in [3.63, 3.8) is 0 Å². The summed E-state index contributed by atoms with van der Waals surface area (Å²) >= 11 is 0. The molecule has 0 saturated heterocycles. The number of rotatable bonds is 5. The Morgan fingerprint density at radius 2 is 1.86 bits per heavy atom. The van der Waals surface area contributed by atoms with E-state index in [0.717, 1.165) is 18.4 Å². The first kappa shape index (κ1) is 16.9. The van der Waals surface area contributed by atoms with Gasteiger partial charge in [0.2, 0.25) is 5.91 Å². The summed E-state index contributed by atoms with van der Waals surface area (Å²) in [6, 6.07) is 6.17. The van der Waals surface area contributed by atoms with Gasteiger partial charge in [-0.15, -0.1) is 0 Å². The van der Waals surface area contributed by atoms with Crippen LogP contribution in [0.1, 0.15) is 51.5 Å². The van der Waals surface area contributed by atoms with Crippen molar-refractivity contribution in [3.8, 4) is 0 Å². The fraction of sp³-hybridized carbons (Fsp3) is 0.611. The molecular weight excluding hydrogens is 279 g/mol. The van der Waals surface area contributed by atoms with E-state index in [0.29, 0.717) is 12.5 Å². The molecule has 1 aliphatic rings. The van der Waals surface area contributed by atoms with E-state index >= 15 is 0 Å². The zero-order valence-corrected chi connectivity index (χ0v) is 13.6. The van der Waals surface area contributed by atoms with Gasteiger partial charge < -0.3 is 11.1 Å². The summed E-state index contributed by atoms with van der Waals surface area (Å²) in [6.07, 6.45) is 6.00. The van der Waals surface area contributed by atoms with Crippen LogP contribution in [-0.4, -0.2) is 18.5 Å². The van der Waals surface area contributed by atoms with Crippen LogP contribution in [-0.2, 0) is 10.2 Å². The molecule has 3 nitrogen and oxygen atoms in total. The highest BCUT2D eigenvalue weighted by Crippen LogP contribution is 2.28. The van der Waals surface area contributed by atoms with E-state index in [1.54, 1.807) is 12.1 Å². The molecule has 0 aromatic heterocycles. The Hall–Kier alpha value is -1.42. The monoisotopic (exact) mass is 306 g/mol. The van der Waals surface area contributed by atoms with E-state index in [1.807, 2.05) is 13.8 Å². The van der Waals surface area contributed by atoms with Gasteiger partial charge in [-0.3, -0.25) is 4.79 Å². The Balaban J connectivity index is 2.06. The molecule has 1 aromatic carbocycles. The minimum atomic E-state index is -0.699. The molecule has 1 aromatic rings. The van der Waals surface area contributed by atoms with Crippen LogP contribution in [0.4, 0.5) is 4.39 Å². The van der Waals surface area contributed by atoms with Crippen LogP contribution in [0, 0.1) is 11.7 Å². The third-order valence-electron chi connectivity index (χ3n) is 4.92. The lowest BCUT2D eigenvalue weighted by atomic mass is 9.81. The van der Waals surface area contributed by atoms with Crippen molar-refractivity contribution in [3.05, 3.63) is 35.6 Å². The number of halogens is 1. The molecule has 0 bridgehead atoms. The van der Waals surface area contributed by atoms with Gasteiger partial charge in [0.1, 0.15) is 5.82 Å². The summed E-state index contributed by atoms with van der Waals surface area (Å²) in [4.78, 5) is 12.7. The van der Waals surface area contributed by atoms with E-state index in [4.69, 9.17) is 5.73 Å². The molecule has 22 heavy (non-hydrogen) atoms. The second-order valence-corrected chi connectivity index (χ2v) is 6.85. The molecule has 122 valence electrons. The Morgan fingerprint density at radius 1 is 1.27 bits per heavy atom. The van der Waals surface area contributed by atoms with Crippen molar-refractivity contribution >= 4 is 5.91 Å². The Morgan fingerprint density at radius 3 is 2.41 bits per heavy atom. The lowest BCUT2D eigenvalue weighted by Crippen LogP contribution is -2.51. The number of nitrogens with two attached hydrogens (primary N) is 1. The Kier molecular flexibility index (Phi) is 5.57. The van der Waals surface area contributed by atoms with Crippen molar-refractivity contribution < 1.29 is 9.18 Å². The smallest absolute Gasteiger partial charge is 0.230 e. The van der Waals surface area contributed by atoms with Gasteiger partial charge in [0.15, 0.2) is 0 Å². The number of carbonyl (C=O) groups excluding carboxylic acids is 1. The predicted octanol–water partition coefficient (Wildman–Crippen LogP) is 3.13. The Bertz CT molecular complexity index is 492. The van der Waals surface area contributed by atoms with Crippen molar-refractivity contribution in [1.29, 1.82) is 0 Å². The van der Waals surface area contributed by atoms with Crippen LogP contribution in [0.2, 0.25) is 0 Å². The number of benzene rings is 1. The summed E-state index contributed by atoms with van der Waals surface area (Å²) in [7, 11) is 0. The van der Waals surface area contributed by atoms with Crippen LogP contribution in [0.25, 0.3) is 0 Å². The highest BCUT2D eigenvalue weighted by molar-refractivity contribution is 5.87. The molecule has 4 heteroatoms. The predicted molar refractivity (Wildman–Crippen MR) is 87.0 cm³/mol. The molecule has 0 spiro atoms. The largest absolute Gasteiger partial charge is 0.351 e. The topological polar surface area (TPSA) is 55.1 Å². The summed E-state index contributed by atoms with van der Waals surface area (Å²) in [5.41, 5.74) is 6.00. The minimum absolute atomic E-state index is 0.0347. The van der Waals surface area contributed by atoms with Gasteiger partial charge in [-0.1, -0.05) is 31.4 Å². The third kappa shape index (κ3) is 3.86. The Labute approximate surface area is 132 Å². The van der Waals surface area contributed by atoms with Crippen molar-refractivity contribution in [2.45, 2.75) is 57.4 Å². The van der Waals surface area contributed by atoms with Crippen molar-refractivity contribution in [2.24, 2.45) is 11.7 Å². The van der Waals surface area contributed by atoms with E-state index < -0.39 is 5.41 Å². The average molecular weight is 306 g/mol. The highest BCUT2D eigenvalue weighted by atomic mass is 19.1. The number of nitrogens with one attached hydrogen (secondary N) is 1. The number of carbonyl (C=O) groups is 1. The molecule has 1 fully saturated rings. The van der Waals surface area contributed by atoms with E-state index in [-0.39, 0.29) is 17.8 Å². The molecule has 1 aliphatic carbocycles. The quantitative estimate of drug-likeness (QED) is 0.878. The molecule has 0 heterocycles. The van der Waals surface area contributed by atoms with Gasteiger partial charge in [0, 0.05) is 12.6 Å². The highest BCUT2D eigenvalue weighted by Gasteiger charge is 2.33. The molecule has 3 N–H and O–H groups in total. The van der Waals surface area contributed by atoms with E-state index in [1.165, 1.54) is 31.4 Å². The maximum absolute atomic E-state index is 13.1. The van der Waals surface area contributed by atoms with Crippen LogP contribution in [0.3, 0.4) is 0 Å². The lowest BCUT2D eigenvalue weighted by Gasteiger charge is -2.33. The summed E-state index contributed by atoms with van der Waals surface area (Å²) in [5, 5.41) is 3.13. The second-order valence-electron chi connectivity index (χ2n) is 6.85. The van der Waals surface area contributed by atoms with Crippen molar-refractivity contribution in [2.75, 3.05) is 6.54 Å². The lowest BCUT2D eigenvalue weighted by molar-refractivity contribution is -0.126. The first-order valence-corrected chi connectivity index (χ1v) is 8.22. The van der Waals surface area contributed by atoms with Gasteiger partial charge in [-0.05, 0) is 50.3 Å². The molecule has 1 amide bonds. The maximum Gasteiger partial charge on any atom is 0.230 e. The summed E-state index contributed by atoms with van der Waals surface area (Å²) in [6.45, 7) is 4.20. The van der Waals surface area contributed by atoms with Gasteiger partial charge in [0.25, 0.3) is 0 Å². The first-order valence-electron chi connectivity index (χ1n) is 8.22. The SMILES string of the molecule is CC(C)(C(=O)NC(CN)C1CCCCC1)c1ccc(F)cc1. The van der Waals surface area contributed by atoms with Crippen LogP contribution < -0.4 is 11.1 Å². The molecular formula is C18H27FN2O. The first-order chi connectivity index (χ1) is 10.4. The fourth-order valence-electron chi connectivity index (χ4n) is 3.25. The maximum atomic E-state index is 13.1. The molecule has 1 atom stereocenters. The van der Waals surface area contributed by atoms with Gasteiger partial charge in [-0.2, -0.15) is 0 Å². The molecule has 1 saturated carbocycles. The van der Waals surface area contributed by atoms with Gasteiger partial charge in [0.05, 0.1) is 5.41 Å². The molecule has 2 rings (SSSR count). The standard InChI is InChI=1S/C18H27FN2O/c1-18(2,14-8-10-15(19)11-9-14)17(22)21-16(12-20)13-6-4-3-5-7-13/h8-11,13,16H,3-7,12,20H2,1-2H3,(H,21,22). The van der Waals surface area contributed by atoms with Gasteiger partial charge in [-0.25, -0.2) is 4.39 Å². The van der Waals surface area contributed by atoms with Crippen LogP contribution >= 0.6 is 0 Å². The van der Waals surface area contributed by atoms with Gasteiger partial charge >= 0.3 is 0 Å². The molecule has 1 unspecified atom stereocenters. The van der Waals surface area contributed by atoms with Crippen molar-refractivity contribution in [1.82, 2.24) is 5.32 Å². The molecule has 0 aliphatic heterocycles. The van der Waals surface area contributed by atoms with Crippen LogP contribution in [0.5, 0.6) is 0 Å². The average Bonchev–Trinajstić information content (AvgIpc) is 2.53. The zero-order valence-electron chi connectivity index (χ0n) is 13.6. The minimum Gasteiger partial charge on any atom is -0.351 e.